The molecular weight excluding hydrogens is 334 g/mol. The number of likely N-dealkylation sites (tertiary alicyclic amines) is 1. The molecule has 11 heteroatoms. The first kappa shape index (κ1) is 18.1. The molecule has 3 N–H and O–H groups in total. The third-order valence-electron chi connectivity index (χ3n) is 3.94. The van der Waals surface area contributed by atoms with Crippen LogP contribution in [0.1, 0.15) is 19.3 Å². The Kier molecular flexibility index (Phi) is 5.47. The lowest BCUT2D eigenvalue weighted by Gasteiger charge is -2.22. The van der Waals surface area contributed by atoms with Crippen molar-refractivity contribution in [2.24, 2.45) is 5.73 Å². The van der Waals surface area contributed by atoms with E-state index in [0.717, 1.165) is 12.1 Å². The van der Waals surface area contributed by atoms with Crippen LogP contribution < -0.4 is 11.1 Å². The molecule has 25 heavy (non-hydrogen) atoms. The van der Waals surface area contributed by atoms with Crippen LogP contribution in [0.25, 0.3) is 0 Å². The summed E-state index contributed by atoms with van der Waals surface area (Å²) in [6, 6.07) is 2.61. The fourth-order valence-corrected chi connectivity index (χ4v) is 2.74. The molecule has 134 valence electrons. The monoisotopic (exact) mass is 351 g/mol. The van der Waals surface area contributed by atoms with Crippen molar-refractivity contribution in [3.8, 4) is 0 Å². The molecule has 0 aromatic heterocycles. The molecule has 1 aliphatic heterocycles. The second kappa shape index (κ2) is 7.55. The molecule has 2 amide bonds. The van der Waals surface area contributed by atoms with Gasteiger partial charge in [0, 0.05) is 25.6 Å². The number of amides is 2. The molecule has 0 saturated carbocycles. The van der Waals surface area contributed by atoms with Crippen molar-refractivity contribution in [3.63, 3.8) is 0 Å². The fraction of sp³-hybridized carbons (Fsp3) is 0.429. The first-order valence-corrected chi connectivity index (χ1v) is 7.56. The van der Waals surface area contributed by atoms with Crippen LogP contribution in [0, 0.1) is 20.2 Å². The standard InChI is InChI=1S/C14H17N5O6/c15-14(21)11-2-1-7-17(11)13(20)5-6-16-10-4-3-9(18(22)23)8-12(10)19(24)25/h3-4,8,11,16H,1-2,5-7H2,(H2,15,21)/t11-/m0/s1. The minimum Gasteiger partial charge on any atom is -0.379 e. The number of nitrogens with one attached hydrogen (secondary N) is 1. The SMILES string of the molecule is NC(=O)[C@@H]1CCCN1C(=O)CCNc1ccc([N+](=O)[O-])cc1[N+](=O)[O-]. The van der Waals surface area contributed by atoms with Gasteiger partial charge in [-0.2, -0.15) is 0 Å². The van der Waals surface area contributed by atoms with E-state index in [1.165, 1.54) is 11.0 Å². The van der Waals surface area contributed by atoms with Gasteiger partial charge in [-0.15, -0.1) is 0 Å². The third kappa shape index (κ3) is 4.19. The van der Waals surface area contributed by atoms with Gasteiger partial charge in [-0.25, -0.2) is 0 Å². The van der Waals surface area contributed by atoms with Crippen molar-refractivity contribution >= 4 is 28.9 Å². The van der Waals surface area contributed by atoms with E-state index >= 15 is 0 Å². The molecule has 1 atom stereocenters. The number of non-ortho nitro benzene ring substituents is 1. The van der Waals surface area contributed by atoms with Crippen molar-refractivity contribution in [1.29, 1.82) is 0 Å². The average molecular weight is 351 g/mol. The van der Waals surface area contributed by atoms with E-state index in [2.05, 4.69) is 5.32 Å². The van der Waals surface area contributed by atoms with E-state index in [1.807, 2.05) is 0 Å². The number of nitrogens with two attached hydrogens (primary N) is 1. The van der Waals surface area contributed by atoms with Crippen LogP contribution in [0.4, 0.5) is 17.1 Å². The molecule has 1 fully saturated rings. The highest BCUT2D eigenvalue weighted by atomic mass is 16.6. The Bertz CT molecular complexity index is 722. The molecule has 0 radical (unpaired) electrons. The number of nitro benzene ring substituents is 2. The van der Waals surface area contributed by atoms with Crippen molar-refractivity contribution < 1.29 is 19.4 Å². The van der Waals surface area contributed by atoms with Gasteiger partial charge in [0.1, 0.15) is 11.7 Å². The summed E-state index contributed by atoms with van der Waals surface area (Å²) in [5.74, 6) is -0.830. The van der Waals surface area contributed by atoms with Crippen LogP contribution in [-0.2, 0) is 9.59 Å². The molecule has 0 unspecified atom stereocenters. The van der Waals surface area contributed by atoms with Crippen LogP contribution in [0.2, 0.25) is 0 Å². The van der Waals surface area contributed by atoms with E-state index in [-0.39, 0.29) is 24.6 Å². The van der Waals surface area contributed by atoms with Gasteiger partial charge in [-0.1, -0.05) is 0 Å². The Morgan fingerprint density at radius 2 is 2.00 bits per heavy atom. The van der Waals surface area contributed by atoms with Gasteiger partial charge in [0.15, 0.2) is 0 Å². The van der Waals surface area contributed by atoms with E-state index in [4.69, 9.17) is 5.73 Å². The van der Waals surface area contributed by atoms with E-state index in [9.17, 15) is 29.8 Å². The lowest BCUT2D eigenvalue weighted by Crippen LogP contribution is -2.44. The summed E-state index contributed by atoms with van der Waals surface area (Å²) < 4.78 is 0. The van der Waals surface area contributed by atoms with E-state index < -0.39 is 33.2 Å². The number of rotatable bonds is 7. The molecule has 1 aromatic carbocycles. The van der Waals surface area contributed by atoms with Gasteiger partial charge in [0.05, 0.1) is 15.9 Å². The normalized spacial score (nSPS) is 16.5. The zero-order valence-corrected chi connectivity index (χ0v) is 13.2. The first-order valence-electron chi connectivity index (χ1n) is 7.56. The average Bonchev–Trinajstić information content (AvgIpc) is 3.04. The number of nitro groups is 2. The Morgan fingerprint density at radius 3 is 2.60 bits per heavy atom. The summed E-state index contributed by atoms with van der Waals surface area (Å²) in [6.45, 7) is 0.531. The molecule has 1 saturated heterocycles. The van der Waals surface area contributed by atoms with Crippen molar-refractivity contribution in [2.75, 3.05) is 18.4 Å². The third-order valence-corrected chi connectivity index (χ3v) is 3.94. The topological polar surface area (TPSA) is 162 Å². The number of hydrogen-bond acceptors (Lipinski definition) is 7. The number of carbonyl (C=O) groups excluding carboxylic acids is 2. The molecule has 1 aliphatic rings. The predicted octanol–water partition coefficient (Wildman–Crippen LogP) is 0.781. The van der Waals surface area contributed by atoms with Gasteiger partial charge < -0.3 is 16.0 Å². The number of nitrogens with zero attached hydrogens (tertiary/aromatic N) is 3. The van der Waals surface area contributed by atoms with Crippen LogP contribution in [-0.4, -0.2) is 45.7 Å². The molecule has 0 aliphatic carbocycles. The van der Waals surface area contributed by atoms with Gasteiger partial charge in [0.25, 0.3) is 11.4 Å². The highest BCUT2D eigenvalue weighted by Gasteiger charge is 2.32. The minimum atomic E-state index is -0.735. The maximum absolute atomic E-state index is 12.2. The summed E-state index contributed by atoms with van der Waals surface area (Å²) in [5.41, 5.74) is 4.50. The van der Waals surface area contributed by atoms with Gasteiger partial charge in [0.2, 0.25) is 11.8 Å². The first-order chi connectivity index (χ1) is 11.8. The van der Waals surface area contributed by atoms with Crippen molar-refractivity contribution in [1.82, 2.24) is 4.90 Å². The number of anilines is 1. The van der Waals surface area contributed by atoms with Crippen LogP contribution in [0.15, 0.2) is 18.2 Å². The van der Waals surface area contributed by atoms with Crippen molar-refractivity contribution in [3.05, 3.63) is 38.4 Å². The highest BCUT2D eigenvalue weighted by Crippen LogP contribution is 2.29. The second-order valence-electron chi connectivity index (χ2n) is 5.54. The van der Waals surface area contributed by atoms with E-state index in [0.29, 0.717) is 19.4 Å². The number of primary amides is 1. The van der Waals surface area contributed by atoms with E-state index in [1.54, 1.807) is 0 Å². The number of benzene rings is 1. The largest absolute Gasteiger partial charge is 0.379 e. The summed E-state index contributed by atoms with van der Waals surface area (Å²) in [7, 11) is 0. The Balaban J connectivity index is 1.99. The molecule has 1 heterocycles. The van der Waals surface area contributed by atoms with Gasteiger partial charge in [-0.3, -0.25) is 29.8 Å². The maximum atomic E-state index is 12.2. The number of hydrogen-bond donors (Lipinski definition) is 2. The van der Waals surface area contributed by atoms with Gasteiger partial charge >= 0.3 is 0 Å². The minimum absolute atomic E-state index is 0.0118. The summed E-state index contributed by atoms with van der Waals surface area (Å²) in [4.78, 5) is 45.2. The second-order valence-corrected chi connectivity index (χ2v) is 5.54. The summed E-state index contributed by atoms with van der Waals surface area (Å²) >= 11 is 0. The molecular formula is C14H17N5O6. The smallest absolute Gasteiger partial charge is 0.299 e. The Hall–Kier alpha value is -3.24. The Labute approximate surface area is 142 Å². The van der Waals surface area contributed by atoms with Gasteiger partial charge in [-0.05, 0) is 18.9 Å². The molecule has 0 bridgehead atoms. The quantitative estimate of drug-likeness (QED) is 0.541. The highest BCUT2D eigenvalue weighted by molar-refractivity contribution is 5.87. The molecule has 11 nitrogen and oxygen atoms in total. The predicted molar refractivity (Wildman–Crippen MR) is 86.8 cm³/mol. The lowest BCUT2D eigenvalue weighted by molar-refractivity contribution is -0.393. The zero-order valence-electron chi connectivity index (χ0n) is 13.2. The summed E-state index contributed by atoms with van der Waals surface area (Å²) in [6.07, 6.45) is 1.24. The maximum Gasteiger partial charge on any atom is 0.299 e. The number of carbonyl (C=O) groups is 2. The zero-order chi connectivity index (χ0) is 18.6. The lowest BCUT2D eigenvalue weighted by atomic mass is 10.2. The van der Waals surface area contributed by atoms with Crippen LogP contribution in [0.5, 0.6) is 0 Å². The van der Waals surface area contributed by atoms with Crippen LogP contribution >= 0.6 is 0 Å². The molecule has 1 aromatic rings. The fourth-order valence-electron chi connectivity index (χ4n) is 2.74. The molecule has 2 rings (SSSR count). The summed E-state index contributed by atoms with van der Waals surface area (Å²) in [5, 5.41) is 24.5. The van der Waals surface area contributed by atoms with Crippen LogP contribution in [0.3, 0.4) is 0 Å². The Morgan fingerprint density at radius 1 is 1.28 bits per heavy atom. The van der Waals surface area contributed by atoms with Crippen molar-refractivity contribution in [2.45, 2.75) is 25.3 Å². The molecule has 0 spiro atoms.